The van der Waals surface area contributed by atoms with Gasteiger partial charge in [-0.2, -0.15) is 0 Å². The summed E-state index contributed by atoms with van der Waals surface area (Å²) in [7, 11) is 2.11. The van der Waals surface area contributed by atoms with Gasteiger partial charge in [0.25, 0.3) is 0 Å². The zero-order valence-corrected chi connectivity index (χ0v) is 15.5. The Morgan fingerprint density at radius 2 is 2.12 bits per heavy atom. The molecular weight excluding hydrogens is 314 g/mol. The molecule has 1 aromatic carbocycles. The maximum atomic E-state index is 6.00. The number of para-hydroxylation sites is 1. The second-order valence-corrected chi connectivity index (χ2v) is 7.14. The fourth-order valence-corrected chi connectivity index (χ4v) is 3.10. The van der Waals surface area contributed by atoms with Gasteiger partial charge in [0.1, 0.15) is 5.75 Å². The van der Waals surface area contributed by atoms with Gasteiger partial charge in [0, 0.05) is 38.2 Å². The van der Waals surface area contributed by atoms with E-state index in [9.17, 15) is 0 Å². The topological polar surface area (TPSA) is 46.1 Å². The van der Waals surface area contributed by atoms with E-state index in [-0.39, 0.29) is 0 Å². The number of ether oxygens (including phenoxy) is 2. The van der Waals surface area contributed by atoms with E-state index in [4.69, 9.17) is 14.5 Å². The Hall–Kier alpha value is -1.75. The van der Waals surface area contributed by atoms with Gasteiger partial charge in [0.15, 0.2) is 5.96 Å². The highest BCUT2D eigenvalue weighted by Crippen LogP contribution is 2.30. The lowest BCUT2D eigenvalue weighted by atomic mass is 10.1. The number of nitrogens with one attached hydrogen (secondary N) is 1. The summed E-state index contributed by atoms with van der Waals surface area (Å²) >= 11 is 0. The summed E-state index contributed by atoms with van der Waals surface area (Å²) < 4.78 is 11.5. The molecule has 138 valence electrons. The second kappa shape index (κ2) is 9.09. The minimum atomic E-state index is 0.600. The van der Waals surface area contributed by atoms with Crippen molar-refractivity contribution in [3.8, 4) is 5.75 Å². The van der Waals surface area contributed by atoms with Crippen LogP contribution in [0.5, 0.6) is 5.75 Å². The lowest BCUT2D eigenvalue weighted by molar-refractivity contribution is 0.181. The third kappa shape index (κ3) is 5.63. The van der Waals surface area contributed by atoms with Crippen LogP contribution in [0.4, 0.5) is 0 Å². The average Bonchev–Trinajstić information content (AvgIpc) is 3.32. The zero-order chi connectivity index (χ0) is 17.5. The molecule has 2 fully saturated rings. The minimum Gasteiger partial charge on any atom is -0.493 e. The summed E-state index contributed by atoms with van der Waals surface area (Å²) in [5, 5.41) is 3.40. The van der Waals surface area contributed by atoms with E-state index >= 15 is 0 Å². The number of nitrogens with zero attached hydrogens (tertiary/aromatic N) is 2. The quantitative estimate of drug-likeness (QED) is 0.581. The molecule has 25 heavy (non-hydrogen) atoms. The third-order valence-electron chi connectivity index (χ3n) is 4.80. The van der Waals surface area contributed by atoms with Gasteiger partial charge in [-0.25, -0.2) is 4.99 Å². The SMILES string of the molecule is CCNC(=NCc1ccccc1OCC1CC1)N(C)CC1CCOC1. The first-order chi connectivity index (χ1) is 12.3. The molecule has 2 aliphatic rings. The highest BCUT2D eigenvalue weighted by atomic mass is 16.5. The Labute approximate surface area is 151 Å². The summed E-state index contributed by atoms with van der Waals surface area (Å²) in [5.74, 6) is 3.28. The van der Waals surface area contributed by atoms with Crippen molar-refractivity contribution >= 4 is 5.96 Å². The molecule has 5 heteroatoms. The lowest BCUT2D eigenvalue weighted by Gasteiger charge is -2.24. The molecule has 0 bridgehead atoms. The summed E-state index contributed by atoms with van der Waals surface area (Å²) in [6, 6.07) is 8.26. The van der Waals surface area contributed by atoms with Crippen molar-refractivity contribution in [2.45, 2.75) is 32.7 Å². The maximum absolute atomic E-state index is 6.00. The molecular formula is C20H31N3O2. The van der Waals surface area contributed by atoms with E-state index in [0.717, 1.165) is 62.5 Å². The molecule has 1 aliphatic carbocycles. The molecule has 1 aromatic rings. The molecule has 1 saturated carbocycles. The Morgan fingerprint density at radius 1 is 1.28 bits per heavy atom. The molecule has 0 radical (unpaired) electrons. The van der Waals surface area contributed by atoms with Crippen LogP contribution in [0.2, 0.25) is 0 Å². The molecule has 1 heterocycles. The molecule has 3 rings (SSSR count). The Morgan fingerprint density at radius 3 is 2.84 bits per heavy atom. The van der Waals surface area contributed by atoms with Crippen LogP contribution in [0.1, 0.15) is 31.7 Å². The molecule has 1 saturated heterocycles. The first-order valence-corrected chi connectivity index (χ1v) is 9.54. The van der Waals surface area contributed by atoms with Crippen LogP contribution < -0.4 is 10.1 Å². The summed E-state index contributed by atoms with van der Waals surface area (Å²) in [6.07, 6.45) is 3.75. The molecule has 0 spiro atoms. The number of hydrogen-bond acceptors (Lipinski definition) is 3. The smallest absolute Gasteiger partial charge is 0.193 e. The van der Waals surface area contributed by atoms with E-state index in [1.165, 1.54) is 12.8 Å². The van der Waals surface area contributed by atoms with Gasteiger partial charge in [-0.1, -0.05) is 18.2 Å². The molecule has 0 amide bonds. The van der Waals surface area contributed by atoms with Crippen LogP contribution in [0.3, 0.4) is 0 Å². The van der Waals surface area contributed by atoms with Crippen molar-refractivity contribution in [2.75, 3.05) is 40.0 Å². The first kappa shape index (κ1) is 18.1. The summed E-state index contributed by atoms with van der Waals surface area (Å²) in [5.41, 5.74) is 1.15. The molecule has 0 aromatic heterocycles. The Kier molecular flexibility index (Phi) is 6.56. The van der Waals surface area contributed by atoms with Crippen LogP contribution in [0.25, 0.3) is 0 Å². The van der Waals surface area contributed by atoms with Gasteiger partial charge < -0.3 is 19.7 Å². The lowest BCUT2D eigenvalue weighted by Crippen LogP contribution is -2.41. The largest absolute Gasteiger partial charge is 0.493 e. The number of benzene rings is 1. The monoisotopic (exact) mass is 345 g/mol. The average molecular weight is 345 g/mol. The van der Waals surface area contributed by atoms with Crippen LogP contribution in [-0.2, 0) is 11.3 Å². The predicted octanol–water partition coefficient (Wildman–Crippen LogP) is 2.91. The van der Waals surface area contributed by atoms with Crippen LogP contribution >= 0.6 is 0 Å². The van der Waals surface area contributed by atoms with Crippen LogP contribution in [0, 0.1) is 11.8 Å². The number of rotatable bonds is 8. The van der Waals surface area contributed by atoms with Crippen molar-refractivity contribution in [3.63, 3.8) is 0 Å². The number of aliphatic imine (C=N–C) groups is 1. The molecule has 5 nitrogen and oxygen atoms in total. The normalized spacial score (nSPS) is 20.6. The highest BCUT2D eigenvalue weighted by molar-refractivity contribution is 5.79. The van der Waals surface area contributed by atoms with E-state index in [1.54, 1.807) is 0 Å². The predicted molar refractivity (Wildman–Crippen MR) is 101 cm³/mol. The van der Waals surface area contributed by atoms with E-state index in [1.807, 2.05) is 6.07 Å². The van der Waals surface area contributed by atoms with Crippen molar-refractivity contribution in [2.24, 2.45) is 16.8 Å². The van der Waals surface area contributed by atoms with Crippen molar-refractivity contribution < 1.29 is 9.47 Å². The van der Waals surface area contributed by atoms with E-state index in [0.29, 0.717) is 12.5 Å². The third-order valence-corrected chi connectivity index (χ3v) is 4.80. The highest BCUT2D eigenvalue weighted by Gasteiger charge is 2.22. The fraction of sp³-hybridized carbons (Fsp3) is 0.650. The maximum Gasteiger partial charge on any atom is 0.193 e. The van der Waals surface area contributed by atoms with Crippen LogP contribution in [-0.4, -0.2) is 50.8 Å². The minimum absolute atomic E-state index is 0.600. The van der Waals surface area contributed by atoms with Gasteiger partial charge in [-0.15, -0.1) is 0 Å². The molecule has 1 unspecified atom stereocenters. The van der Waals surface area contributed by atoms with Crippen molar-refractivity contribution in [1.29, 1.82) is 0 Å². The first-order valence-electron chi connectivity index (χ1n) is 9.54. The zero-order valence-electron chi connectivity index (χ0n) is 15.5. The summed E-state index contributed by atoms with van der Waals surface area (Å²) in [4.78, 5) is 7.06. The van der Waals surface area contributed by atoms with E-state index < -0.39 is 0 Å². The van der Waals surface area contributed by atoms with Gasteiger partial charge in [0.2, 0.25) is 0 Å². The second-order valence-electron chi connectivity index (χ2n) is 7.14. The van der Waals surface area contributed by atoms with Crippen LogP contribution in [0.15, 0.2) is 29.3 Å². The number of hydrogen-bond donors (Lipinski definition) is 1. The van der Waals surface area contributed by atoms with Gasteiger partial charge in [-0.05, 0) is 38.2 Å². The Balaban J connectivity index is 1.61. The molecule has 1 N–H and O–H groups in total. The number of guanidine groups is 1. The molecule has 1 atom stereocenters. The Bertz CT molecular complexity index is 566. The molecule has 1 aliphatic heterocycles. The van der Waals surface area contributed by atoms with Gasteiger partial charge in [-0.3, -0.25) is 0 Å². The van der Waals surface area contributed by atoms with Crippen molar-refractivity contribution in [3.05, 3.63) is 29.8 Å². The van der Waals surface area contributed by atoms with Gasteiger partial charge in [0.05, 0.1) is 19.8 Å². The standard InChI is InChI=1S/C20H31N3O2/c1-3-21-20(23(2)13-17-10-11-24-14-17)22-12-18-6-4-5-7-19(18)25-15-16-8-9-16/h4-7,16-17H,3,8-15H2,1-2H3,(H,21,22). The fourth-order valence-electron chi connectivity index (χ4n) is 3.10. The van der Waals surface area contributed by atoms with E-state index in [2.05, 4.69) is 42.4 Å². The summed E-state index contributed by atoms with van der Waals surface area (Å²) in [6.45, 7) is 7.17. The van der Waals surface area contributed by atoms with Crippen molar-refractivity contribution in [1.82, 2.24) is 10.2 Å². The van der Waals surface area contributed by atoms with Gasteiger partial charge >= 0.3 is 0 Å².